The Hall–Kier alpha value is -0.620. The molecule has 0 aliphatic heterocycles. The van der Waals surface area contributed by atoms with Crippen molar-refractivity contribution < 1.29 is 9.53 Å². The van der Waals surface area contributed by atoms with E-state index in [0.29, 0.717) is 5.13 Å². The van der Waals surface area contributed by atoms with Gasteiger partial charge in [-0.05, 0) is 15.9 Å². The van der Waals surface area contributed by atoms with Crippen molar-refractivity contribution >= 4 is 38.5 Å². The summed E-state index contributed by atoms with van der Waals surface area (Å²) in [5.41, 5.74) is 0. The van der Waals surface area contributed by atoms with E-state index < -0.39 is 6.09 Å². The van der Waals surface area contributed by atoms with Crippen LogP contribution in [0, 0.1) is 0 Å². The quantitative estimate of drug-likeness (QED) is 0.813. The van der Waals surface area contributed by atoms with Gasteiger partial charge in [-0.3, -0.25) is 5.32 Å². The molecule has 0 aromatic carbocycles. The molecule has 0 bridgehead atoms. The van der Waals surface area contributed by atoms with Crippen LogP contribution in [0.15, 0.2) is 9.98 Å². The molecule has 0 fully saturated rings. The molecule has 60 valence electrons. The molecule has 1 aromatic heterocycles. The lowest BCUT2D eigenvalue weighted by Crippen LogP contribution is -2.10. The zero-order valence-corrected chi connectivity index (χ0v) is 8.03. The highest BCUT2D eigenvalue weighted by Gasteiger charge is 2.03. The Kier molecular flexibility index (Phi) is 2.84. The van der Waals surface area contributed by atoms with E-state index in [9.17, 15) is 4.79 Å². The van der Waals surface area contributed by atoms with Crippen molar-refractivity contribution in [2.75, 3.05) is 12.4 Å². The molecule has 1 amide bonds. The molecule has 1 aromatic rings. The molecule has 0 spiro atoms. The highest BCUT2D eigenvalue weighted by molar-refractivity contribution is 9.11. The first-order valence-electron chi connectivity index (χ1n) is 2.68. The van der Waals surface area contributed by atoms with Gasteiger partial charge in [-0.25, -0.2) is 9.78 Å². The van der Waals surface area contributed by atoms with Crippen LogP contribution in [-0.2, 0) is 4.74 Å². The largest absolute Gasteiger partial charge is 0.453 e. The summed E-state index contributed by atoms with van der Waals surface area (Å²) < 4.78 is 5.23. The number of anilines is 1. The van der Waals surface area contributed by atoms with Crippen molar-refractivity contribution in [1.29, 1.82) is 0 Å². The Labute approximate surface area is 75.7 Å². The monoisotopic (exact) mass is 236 g/mol. The molecule has 0 aliphatic carbocycles. The second-order valence-electron chi connectivity index (χ2n) is 1.59. The number of halogens is 1. The third kappa shape index (κ3) is 2.47. The minimum absolute atomic E-state index is 0.508. The number of nitrogens with zero attached hydrogens (tertiary/aromatic N) is 1. The maximum absolute atomic E-state index is 10.6. The molecular weight excluding hydrogens is 232 g/mol. The fraction of sp³-hybridized carbons (Fsp3) is 0.200. The van der Waals surface area contributed by atoms with E-state index in [2.05, 4.69) is 31.0 Å². The minimum Gasteiger partial charge on any atom is -0.453 e. The molecule has 0 radical (unpaired) electrons. The molecule has 0 saturated heterocycles. The molecule has 1 rings (SSSR count). The maximum atomic E-state index is 10.6. The van der Waals surface area contributed by atoms with Crippen LogP contribution in [0.25, 0.3) is 0 Å². The fourth-order valence-corrected chi connectivity index (χ4v) is 1.54. The first-order valence-corrected chi connectivity index (χ1v) is 4.29. The number of carbonyl (C=O) groups is 1. The van der Waals surface area contributed by atoms with Gasteiger partial charge in [-0.15, -0.1) is 0 Å². The number of aromatic nitrogens is 1. The van der Waals surface area contributed by atoms with E-state index in [4.69, 9.17) is 0 Å². The normalized spacial score (nSPS) is 9.27. The number of methoxy groups -OCH3 is 1. The van der Waals surface area contributed by atoms with Crippen LogP contribution in [0.1, 0.15) is 0 Å². The molecular formula is C5H5BrN2O2S. The molecule has 1 heterocycles. The van der Waals surface area contributed by atoms with Gasteiger partial charge in [0, 0.05) is 0 Å². The number of carbonyl (C=O) groups excluding carboxylic acids is 1. The summed E-state index contributed by atoms with van der Waals surface area (Å²) in [5.74, 6) is 0. The summed E-state index contributed by atoms with van der Waals surface area (Å²) in [5, 5.41) is 2.95. The predicted molar refractivity (Wildman–Crippen MR) is 45.8 cm³/mol. The molecule has 0 unspecified atom stereocenters. The van der Waals surface area contributed by atoms with Gasteiger partial charge in [0.1, 0.15) is 0 Å². The highest BCUT2D eigenvalue weighted by Crippen LogP contribution is 2.22. The van der Waals surface area contributed by atoms with Crippen LogP contribution in [0.3, 0.4) is 0 Å². The van der Waals surface area contributed by atoms with Gasteiger partial charge >= 0.3 is 6.09 Å². The van der Waals surface area contributed by atoms with Gasteiger partial charge in [-0.1, -0.05) is 11.3 Å². The lowest BCUT2D eigenvalue weighted by Gasteiger charge is -1.96. The summed E-state index contributed by atoms with van der Waals surface area (Å²) in [7, 11) is 1.30. The lowest BCUT2D eigenvalue weighted by molar-refractivity contribution is 0.187. The number of ether oxygens (including phenoxy) is 1. The lowest BCUT2D eigenvalue weighted by atomic mass is 11.0. The van der Waals surface area contributed by atoms with Gasteiger partial charge in [0.15, 0.2) is 5.13 Å². The molecule has 4 nitrogen and oxygen atoms in total. The first kappa shape index (κ1) is 8.48. The van der Waals surface area contributed by atoms with E-state index in [1.165, 1.54) is 18.4 Å². The number of nitrogens with one attached hydrogen (secondary N) is 1. The molecule has 0 saturated carbocycles. The number of rotatable bonds is 1. The van der Waals surface area contributed by atoms with Crippen LogP contribution < -0.4 is 5.32 Å². The summed E-state index contributed by atoms with van der Waals surface area (Å²) in [6.07, 6.45) is 1.10. The van der Waals surface area contributed by atoms with Crippen LogP contribution in [-0.4, -0.2) is 18.2 Å². The number of hydrogen-bond donors (Lipinski definition) is 1. The maximum Gasteiger partial charge on any atom is 0.413 e. The highest BCUT2D eigenvalue weighted by atomic mass is 79.9. The Morgan fingerprint density at radius 2 is 2.64 bits per heavy atom. The summed E-state index contributed by atoms with van der Waals surface area (Å²) in [6.45, 7) is 0. The van der Waals surface area contributed by atoms with Gasteiger partial charge < -0.3 is 4.74 Å². The third-order valence-corrected chi connectivity index (χ3v) is 2.26. The van der Waals surface area contributed by atoms with E-state index in [1.54, 1.807) is 6.20 Å². The predicted octanol–water partition coefficient (Wildman–Crippen LogP) is 2.08. The zero-order valence-electron chi connectivity index (χ0n) is 5.63. The van der Waals surface area contributed by atoms with Crippen molar-refractivity contribution in [1.82, 2.24) is 4.98 Å². The SMILES string of the molecule is COC(=O)Nc1ncc(Br)s1. The Bertz CT molecular complexity index is 263. The molecule has 1 N–H and O–H groups in total. The van der Waals surface area contributed by atoms with Crippen LogP contribution in [0.5, 0.6) is 0 Å². The number of thiazole rings is 1. The summed E-state index contributed by atoms with van der Waals surface area (Å²) >= 11 is 4.53. The van der Waals surface area contributed by atoms with Crippen molar-refractivity contribution in [3.8, 4) is 0 Å². The molecule has 11 heavy (non-hydrogen) atoms. The second-order valence-corrected chi connectivity index (χ2v) is 4.00. The summed E-state index contributed by atoms with van der Waals surface area (Å²) in [6, 6.07) is 0. The summed E-state index contributed by atoms with van der Waals surface area (Å²) in [4.78, 5) is 14.5. The molecule has 0 aliphatic rings. The Balaban J connectivity index is 2.57. The van der Waals surface area contributed by atoms with E-state index in [-0.39, 0.29) is 0 Å². The topological polar surface area (TPSA) is 51.2 Å². The van der Waals surface area contributed by atoms with E-state index in [0.717, 1.165) is 3.79 Å². The smallest absolute Gasteiger partial charge is 0.413 e. The van der Waals surface area contributed by atoms with Gasteiger partial charge in [0.2, 0.25) is 0 Å². The Morgan fingerprint density at radius 3 is 3.09 bits per heavy atom. The van der Waals surface area contributed by atoms with Crippen LogP contribution >= 0.6 is 27.3 Å². The number of hydrogen-bond acceptors (Lipinski definition) is 4. The van der Waals surface area contributed by atoms with Gasteiger partial charge in [0.05, 0.1) is 17.1 Å². The van der Waals surface area contributed by atoms with Crippen molar-refractivity contribution in [2.45, 2.75) is 0 Å². The van der Waals surface area contributed by atoms with Crippen LogP contribution in [0.2, 0.25) is 0 Å². The minimum atomic E-state index is -0.508. The molecule has 6 heteroatoms. The average Bonchev–Trinajstić information content (AvgIpc) is 2.35. The number of amides is 1. The Morgan fingerprint density at radius 1 is 1.91 bits per heavy atom. The van der Waals surface area contributed by atoms with Crippen molar-refractivity contribution in [3.63, 3.8) is 0 Å². The standard InChI is InChI=1S/C5H5BrN2O2S/c1-10-5(9)8-4-7-2-3(6)11-4/h2H,1H3,(H,7,8,9). The van der Waals surface area contributed by atoms with Gasteiger partial charge in [0.25, 0.3) is 0 Å². The van der Waals surface area contributed by atoms with Crippen molar-refractivity contribution in [3.05, 3.63) is 9.98 Å². The van der Waals surface area contributed by atoms with Crippen molar-refractivity contribution in [2.24, 2.45) is 0 Å². The third-order valence-electron chi connectivity index (χ3n) is 0.872. The molecule has 0 atom stereocenters. The van der Waals surface area contributed by atoms with Gasteiger partial charge in [-0.2, -0.15) is 0 Å². The van der Waals surface area contributed by atoms with E-state index in [1.807, 2.05) is 0 Å². The zero-order chi connectivity index (χ0) is 8.27. The van der Waals surface area contributed by atoms with E-state index >= 15 is 0 Å². The average molecular weight is 237 g/mol. The first-order chi connectivity index (χ1) is 5.22. The second kappa shape index (κ2) is 3.68. The fourth-order valence-electron chi connectivity index (χ4n) is 0.451. The van der Waals surface area contributed by atoms with Crippen LogP contribution in [0.4, 0.5) is 9.93 Å².